The normalized spacial score (nSPS) is 34.4. The van der Waals surface area contributed by atoms with E-state index in [2.05, 4.69) is 6.92 Å². The first kappa shape index (κ1) is 10.9. The molecule has 0 saturated heterocycles. The number of halogens is 2. The Kier molecular flexibility index (Phi) is 3.62. The molecule has 1 fully saturated rings. The van der Waals surface area contributed by atoms with Crippen molar-refractivity contribution in [3.8, 4) is 0 Å². The van der Waals surface area contributed by atoms with Crippen molar-refractivity contribution in [1.29, 1.82) is 0 Å². The summed E-state index contributed by atoms with van der Waals surface area (Å²) in [5.41, 5.74) is 5.08. The Balaban J connectivity index is 2.41. The second-order valence-corrected chi connectivity index (χ2v) is 3.94. The summed E-state index contributed by atoms with van der Waals surface area (Å²) in [6.07, 6.45) is 0.271. The Hall–Kier alpha value is -0.220. The van der Waals surface area contributed by atoms with Gasteiger partial charge in [-0.3, -0.25) is 0 Å². The van der Waals surface area contributed by atoms with Crippen molar-refractivity contribution in [3.05, 3.63) is 0 Å². The number of ether oxygens (including phenoxy) is 1. The Morgan fingerprint density at radius 1 is 1.62 bits per heavy atom. The number of nitrogens with two attached hydrogens (primary N) is 1. The third-order valence-corrected chi connectivity index (χ3v) is 2.70. The minimum Gasteiger partial charge on any atom is -0.368 e. The van der Waals surface area contributed by atoms with E-state index >= 15 is 0 Å². The van der Waals surface area contributed by atoms with E-state index in [1.165, 1.54) is 0 Å². The summed E-state index contributed by atoms with van der Waals surface area (Å²) in [7, 11) is 0. The molecule has 1 rings (SSSR count). The van der Waals surface area contributed by atoms with Crippen LogP contribution in [0.1, 0.15) is 26.2 Å². The van der Waals surface area contributed by atoms with Gasteiger partial charge < -0.3 is 10.5 Å². The highest BCUT2D eigenvalue weighted by atomic mass is 19.3. The van der Waals surface area contributed by atoms with Crippen LogP contribution in [0.4, 0.5) is 8.78 Å². The fourth-order valence-corrected chi connectivity index (χ4v) is 1.96. The standard InChI is InChI=1S/C9H17F2NO/c1-7-2-3-9(4-7,6-12)13-5-8(10)11/h7-8H,2-6,12H2,1H3. The average molecular weight is 193 g/mol. The molecule has 0 heterocycles. The summed E-state index contributed by atoms with van der Waals surface area (Å²) in [5, 5.41) is 0. The van der Waals surface area contributed by atoms with Crippen molar-refractivity contribution in [2.45, 2.75) is 38.2 Å². The lowest BCUT2D eigenvalue weighted by Crippen LogP contribution is -2.39. The number of hydrogen-bond donors (Lipinski definition) is 1. The van der Waals surface area contributed by atoms with Gasteiger partial charge in [0, 0.05) is 6.54 Å². The molecule has 1 aliphatic rings. The van der Waals surface area contributed by atoms with Crippen molar-refractivity contribution in [3.63, 3.8) is 0 Å². The van der Waals surface area contributed by atoms with Crippen LogP contribution in [0.2, 0.25) is 0 Å². The Bertz CT molecular complexity index is 166. The van der Waals surface area contributed by atoms with Gasteiger partial charge in [0.1, 0.15) is 6.61 Å². The second kappa shape index (κ2) is 4.33. The molecule has 78 valence electrons. The summed E-state index contributed by atoms with van der Waals surface area (Å²) in [4.78, 5) is 0. The molecule has 2 unspecified atom stereocenters. The van der Waals surface area contributed by atoms with E-state index in [9.17, 15) is 8.78 Å². The topological polar surface area (TPSA) is 35.2 Å². The van der Waals surface area contributed by atoms with E-state index in [0.29, 0.717) is 12.5 Å². The quantitative estimate of drug-likeness (QED) is 0.738. The van der Waals surface area contributed by atoms with Gasteiger partial charge in [0.05, 0.1) is 5.60 Å². The van der Waals surface area contributed by atoms with Crippen LogP contribution in [0.15, 0.2) is 0 Å². The molecule has 2 nitrogen and oxygen atoms in total. The molecule has 1 aliphatic carbocycles. The van der Waals surface area contributed by atoms with E-state index in [1.807, 2.05) is 0 Å². The fraction of sp³-hybridized carbons (Fsp3) is 1.00. The lowest BCUT2D eigenvalue weighted by Gasteiger charge is -2.27. The van der Waals surface area contributed by atoms with Crippen LogP contribution < -0.4 is 5.73 Å². The smallest absolute Gasteiger partial charge is 0.261 e. The number of alkyl halides is 2. The van der Waals surface area contributed by atoms with Gasteiger partial charge in [-0.1, -0.05) is 6.92 Å². The first-order valence-corrected chi connectivity index (χ1v) is 4.70. The molecular weight excluding hydrogens is 176 g/mol. The molecular formula is C9H17F2NO. The summed E-state index contributed by atoms with van der Waals surface area (Å²) in [5.74, 6) is 0.543. The molecule has 0 aromatic rings. The molecule has 0 aromatic heterocycles. The van der Waals surface area contributed by atoms with Crippen molar-refractivity contribution >= 4 is 0 Å². The summed E-state index contributed by atoms with van der Waals surface area (Å²) >= 11 is 0. The third kappa shape index (κ3) is 2.88. The summed E-state index contributed by atoms with van der Waals surface area (Å²) in [6, 6.07) is 0. The molecule has 2 N–H and O–H groups in total. The zero-order valence-electron chi connectivity index (χ0n) is 7.93. The molecule has 1 saturated carbocycles. The molecule has 4 heteroatoms. The maximum atomic E-state index is 11.9. The monoisotopic (exact) mass is 193 g/mol. The van der Waals surface area contributed by atoms with Crippen LogP contribution >= 0.6 is 0 Å². The first-order chi connectivity index (χ1) is 6.08. The largest absolute Gasteiger partial charge is 0.368 e. The summed E-state index contributed by atoms with van der Waals surface area (Å²) in [6.45, 7) is 1.97. The van der Waals surface area contributed by atoms with Gasteiger partial charge in [0.2, 0.25) is 0 Å². The van der Waals surface area contributed by atoms with Crippen LogP contribution in [0.25, 0.3) is 0 Å². The van der Waals surface area contributed by atoms with E-state index in [4.69, 9.17) is 10.5 Å². The Morgan fingerprint density at radius 2 is 2.31 bits per heavy atom. The van der Waals surface area contributed by atoms with Gasteiger partial charge in [0.15, 0.2) is 0 Å². The lowest BCUT2D eigenvalue weighted by atomic mass is 10.0. The zero-order valence-corrected chi connectivity index (χ0v) is 7.93. The summed E-state index contributed by atoms with van der Waals surface area (Å²) < 4.78 is 29.0. The predicted octanol–water partition coefficient (Wildman–Crippen LogP) is 1.79. The number of hydrogen-bond acceptors (Lipinski definition) is 2. The van der Waals surface area contributed by atoms with E-state index < -0.39 is 18.6 Å². The predicted molar refractivity (Wildman–Crippen MR) is 46.8 cm³/mol. The minimum atomic E-state index is -2.39. The highest BCUT2D eigenvalue weighted by Crippen LogP contribution is 2.36. The SMILES string of the molecule is CC1CCC(CN)(OCC(F)F)C1. The molecule has 2 atom stereocenters. The molecule has 0 radical (unpaired) electrons. The van der Waals surface area contributed by atoms with Gasteiger partial charge in [-0.15, -0.1) is 0 Å². The zero-order chi connectivity index (χ0) is 9.90. The van der Waals surface area contributed by atoms with Crippen LogP contribution in [-0.4, -0.2) is 25.2 Å². The van der Waals surface area contributed by atoms with Crippen molar-refractivity contribution in [1.82, 2.24) is 0 Å². The van der Waals surface area contributed by atoms with Crippen molar-refractivity contribution in [2.24, 2.45) is 11.7 Å². The number of rotatable bonds is 4. The molecule has 0 aliphatic heterocycles. The highest BCUT2D eigenvalue weighted by molar-refractivity contribution is 4.90. The van der Waals surface area contributed by atoms with Crippen molar-refractivity contribution < 1.29 is 13.5 Å². The van der Waals surface area contributed by atoms with Crippen LogP contribution in [0, 0.1) is 5.92 Å². The average Bonchev–Trinajstić information content (AvgIpc) is 2.45. The van der Waals surface area contributed by atoms with Crippen LogP contribution in [-0.2, 0) is 4.74 Å². The second-order valence-electron chi connectivity index (χ2n) is 3.94. The lowest BCUT2D eigenvalue weighted by molar-refractivity contribution is -0.0821. The van der Waals surface area contributed by atoms with E-state index in [1.54, 1.807) is 0 Å². The van der Waals surface area contributed by atoms with Gasteiger partial charge in [-0.25, -0.2) is 8.78 Å². The molecule has 0 aromatic carbocycles. The first-order valence-electron chi connectivity index (χ1n) is 4.70. The van der Waals surface area contributed by atoms with Gasteiger partial charge in [0.25, 0.3) is 6.43 Å². The Labute approximate surface area is 77.4 Å². The molecule has 0 amide bonds. The Morgan fingerprint density at radius 3 is 2.69 bits per heavy atom. The van der Waals surface area contributed by atoms with Crippen LogP contribution in [0.5, 0.6) is 0 Å². The van der Waals surface area contributed by atoms with E-state index in [-0.39, 0.29) is 0 Å². The third-order valence-electron chi connectivity index (χ3n) is 2.70. The van der Waals surface area contributed by atoms with Gasteiger partial charge >= 0.3 is 0 Å². The highest BCUT2D eigenvalue weighted by Gasteiger charge is 2.37. The van der Waals surface area contributed by atoms with Crippen molar-refractivity contribution in [2.75, 3.05) is 13.2 Å². The molecule has 0 spiro atoms. The van der Waals surface area contributed by atoms with Crippen LogP contribution in [0.3, 0.4) is 0 Å². The van der Waals surface area contributed by atoms with Gasteiger partial charge in [-0.2, -0.15) is 0 Å². The minimum absolute atomic E-state index is 0.351. The fourth-order valence-electron chi connectivity index (χ4n) is 1.96. The molecule has 0 bridgehead atoms. The molecule has 13 heavy (non-hydrogen) atoms. The van der Waals surface area contributed by atoms with Gasteiger partial charge in [-0.05, 0) is 25.2 Å². The maximum absolute atomic E-state index is 11.9. The maximum Gasteiger partial charge on any atom is 0.261 e. The van der Waals surface area contributed by atoms with E-state index in [0.717, 1.165) is 19.3 Å².